The summed E-state index contributed by atoms with van der Waals surface area (Å²) in [4.78, 5) is 19.9. The van der Waals surface area contributed by atoms with Crippen LogP contribution in [0.3, 0.4) is 0 Å². The van der Waals surface area contributed by atoms with Gasteiger partial charge in [0.15, 0.2) is 0 Å². The standard InChI is InChI=1S/C19H33BrN4O5S/c1-14(2)24(18(25)29-19(3,4)5)8-10-28-17-16(12-15(20)13-21-17)22-30(26,27)11-9-23(6)7/h12-14,22H,8-11H2,1-7H3. The zero-order chi connectivity index (χ0) is 23.1. The highest BCUT2D eigenvalue weighted by molar-refractivity contribution is 9.10. The van der Waals surface area contributed by atoms with Crippen molar-refractivity contribution >= 4 is 37.7 Å². The first-order chi connectivity index (χ1) is 13.7. The summed E-state index contributed by atoms with van der Waals surface area (Å²) >= 11 is 3.29. The molecule has 1 heterocycles. The fourth-order valence-electron chi connectivity index (χ4n) is 2.26. The number of amides is 1. The minimum Gasteiger partial charge on any atom is -0.474 e. The summed E-state index contributed by atoms with van der Waals surface area (Å²) in [7, 11) is 0.0284. The van der Waals surface area contributed by atoms with E-state index in [4.69, 9.17) is 9.47 Å². The van der Waals surface area contributed by atoms with Crippen LogP contribution in [-0.4, -0.2) is 80.5 Å². The molecule has 1 N–H and O–H groups in total. The lowest BCUT2D eigenvalue weighted by molar-refractivity contribution is 0.0163. The second kappa shape index (κ2) is 11.1. The molecule has 9 nitrogen and oxygen atoms in total. The normalized spacial score (nSPS) is 12.2. The van der Waals surface area contributed by atoms with Gasteiger partial charge in [-0.15, -0.1) is 0 Å². The average molecular weight is 509 g/mol. The lowest BCUT2D eigenvalue weighted by Crippen LogP contribution is -2.43. The van der Waals surface area contributed by atoms with Gasteiger partial charge >= 0.3 is 6.09 Å². The number of ether oxygens (including phenoxy) is 2. The Kier molecular flexibility index (Phi) is 9.83. The summed E-state index contributed by atoms with van der Waals surface area (Å²) in [6.45, 7) is 9.95. The Morgan fingerprint density at radius 3 is 2.43 bits per heavy atom. The third kappa shape index (κ3) is 9.94. The molecule has 30 heavy (non-hydrogen) atoms. The molecule has 1 aromatic heterocycles. The highest BCUT2D eigenvalue weighted by atomic mass is 79.9. The van der Waals surface area contributed by atoms with Gasteiger partial charge in [-0.1, -0.05) is 0 Å². The fourth-order valence-corrected chi connectivity index (χ4v) is 3.78. The van der Waals surface area contributed by atoms with Crippen molar-refractivity contribution < 1.29 is 22.7 Å². The predicted molar refractivity (Wildman–Crippen MR) is 121 cm³/mol. The first-order valence-corrected chi connectivity index (χ1v) is 12.1. The maximum Gasteiger partial charge on any atom is 0.410 e. The molecular weight excluding hydrogens is 476 g/mol. The largest absolute Gasteiger partial charge is 0.474 e. The molecule has 0 aliphatic carbocycles. The molecule has 0 bridgehead atoms. The van der Waals surface area contributed by atoms with Gasteiger partial charge < -0.3 is 19.3 Å². The summed E-state index contributed by atoms with van der Waals surface area (Å²) in [5.41, 5.74) is -0.368. The van der Waals surface area contributed by atoms with Gasteiger partial charge in [-0.3, -0.25) is 4.72 Å². The van der Waals surface area contributed by atoms with Crippen molar-refractivity contribution in [2.24, 2.45) is 0 Å². The van der Waals surface area contributed by atoms with Gasteiger partial charge in [0.05, 0.1) is 12.3 Å². The van der Waals surface area contributed by atoms with E-state index in [-0.39, 0.29) is 36.5 Å². The number of sulfonamides is 1. The highest BCUT2D eigenvalue weighted by Crippen LogP contribution is 2.26. The molecular formula is C19H33BrN4O5S. The molecule has 0 aliphatic heterocycles. The van der Waals surface area contributed by atoms with E-state index in [2.05, 4.69) is 25.6 Å². The van der Waals surface area contributed by atoms with Crippen LogP contribution in [0.1, 0.15) is 34.6 Å². The number of pyridine rings is 1. The minimum atomic E-state index is -3.57. The van der Waals surface area contributed by atoms with Crippen LogP contribution in [0.2, 0.25) is 0 Å². The van der Waals surface area contributed by atoms with Crippen molar-refractivity contribution in [1.82, 2.24) is 14.8 Å². The number of aromatic nitrogens is 1. The maximum atomic E-state index is 12.4. The van der Waals surface area contributed by atoms with E-state index in [9.17, 15) is 13.2 Å². The third-order valence-electron chi connectivity index (χ3n) is 3.71. The summed E-state index contributed by atoms with van der Waals surface area (Å²) in [5.74, 6) is 0.0747. The molecule has 1 rings (SSSR count). The molecule has 172 valence electrons. The number of nitrogens with zero attached hydrogens (tertiary/aromatic N) is 3. The Balaban J connectivity index is 2.85. The number of hydrogen-bond acceptors (Lipinski definition) is 7. The van der Waals surface area contributed by atoms with Gasteiger partial charge in [0.1, 0.15) is 17.9 Å². The van der Waals surface area contributed by atoms with Crippen LogP contribution in [0.15, 0.2) is 16.7 Å². The Labute approximate surface area is 188 Å². The molecule has 0 atom stereocenters. The number of rotatable bonds is 10. The van der Waals surface area contributed by atoms with Crippen molar-refractivity contribution in [2.45, 2.75) is 46.3 Å². The van der Waals surface area contributed by atoms with Crippen LogP contribution in [0.4, 0.5) is 10.5 Å². The van der Waals surface area contributed by atoms with Gasteiger partial charge in [0.25, 0.3) is 0 Å². The summed E-state index contributed by atoms with van der Waals surface area (Å²) in [5, 5.41) is 0. The van der Waals surface area contributed by atoms with Crippen molar-refractivity contribution in [3.8, 4) is 5.88 Å². The van der Waals surface area contributed by atoms with Gasteiger partial charge in [0.2, 0.25) is 15.9 Å². The fraction of sp³-hybridized carbons (Fsp3) is 0.684. The van der Waals surface area contributed by atoms with Crippen LogP contribution in [0.5, 0.6) is 5.88 Å². The van der Waals surface area contributed by atoms with E-state index >= 15 is 0 Å². The van der Waals surface area contributed by atoms with E-state index < -0.39 is 21.7 Å². The van der Waals surface area contributed by atoms with Crippen LogP contribution >= 0.6 is 15.9 Å². The third-order valence-corrected chi connectivity index (χ3v) is 5.40. The second-order valence-electron chi connectivity index (χ2n) is 8.35. The topological polar surface area (TPSA) is 101 Å². The number of carbonyl (C=O) groups is 1. The number of halogens is 1. The Bertz CT molecular complexity index is 810. The van der Waals surface area contributed by atoms with Crippen LogP contribution in [0, 0.1) is 0 Å². The molecule has 1 amide bonds. The molecule has 0 radical (unpaired) electrons. The maximum absolute atomic E-state index is 12.4. The molecule has 0 saturated carbocycles. The molecule has 1 aromatic rings. The molecule has 0 saturated heterocycles. The van der Waals surface area contributed by atoms with E-state index in [1.165, 1.54) is 6.20 Å². The SMILES string of the molecule is CC(C)N(CCOc1ncc(Br)cc1NS(=O)(=O)CCN(C)C)C(=O)OC(C)(C)C. The van der Waals surface area contributed by atoms with Gasteiger partial charge in [-0.25, -0.2) is 18.2 Å². The van der Waals surface area contributed by atoms with Gasteiger partial charge in [-0.2, -0.15) is 0 Å². The summed E-state index contributed by atoms with van der Waals surface area (Å²) < 4.78 is 39.0. The average Bonchev–Trinajstić information content (AvgIpc) is 2.56. The van der Waals surface area contributed by atoms with E-state index in [0.717, 1.165) is 0 Å². The predicted octanol–water partition coefficient (Wildman–Crippen LogP) is 3.17. The highest BCUT2D eigenvalue weighted by Gasteiger charge is 2.24. The zero-order valence-electron chi connectivity index (χ0n) is 18.7. The minimum absolute atomic E-state index is 0.0638. The van der Waals surface area contributed by atoms with Crippen molar-refractivity contribution in [3.63, 3.8) is 0 Å². The molecule has 0 unspecified atom stereocenters. The number of hydrogen-bond donors (Lipinski definition) is 1. The quantitative estimate of drug-likeness (QED) is 0.517. The van der Waals surface area contributed by atoms with Crippen molar-refractivity contribution in [3.05, 3.63) is 16.7 Å². The number of nitrogens with one attached hydrogen (secondary N) is 1. The first-order valence-electron chi connectivity index (χ1n) is 9.63. The molecule has 0 fully saturated rings. The van der Waals surface area contributed by atoms with Crippen LogP contribution in [0.25, 0.3) is 0 Å². The summed E-state index contributed by atoms with van der Waals surface area (Å²) in [6, 6.07) is 1.49. The second-order valence-corrected chi connectivity index (χ2v) is 11.1. The van der Waals surface area contributed by atoms with E-state index in [1.807, 2.05) is 13.8 Å². The molecule has 0 aromatic carbocycles. The Hall–Kier alpha value is -1.59. The first kappa shape index (κ1) is 26.4. The summed E-state index contributed by atoms with van der Waals surface area (Å²) in [6.07, 6.45) is 1.08. The smallest absolute Gasteiger partial charge is 0.410 e. The number of carbonyl (C=O) groups excluding carboxylic acids is 1. The molecule has 0 aliphatic rings. The van der Waals surface area contributed by atoms with Gasteiger partial charge in [-0.05, 0) is 70.7 Å². The Morgan fingerprint density at radius 1 is 1.27 bits per heavy atom. The van der Waals surface area contributed by atoms with E-state index in [0.29, 0.717) is 11.0 Å². The van der Waals surface area contributed by atoms with Crippen molar-refractivity contribution in [1.29, 1.82) is 0 Å². The van der Waals surface area contributed by atoms with E-state index in [1.54, 1.807) is 50.7 Å². The van der Waals surface area contributed by atoms with Crippen LogP contribution in [-0.2, 0) is 14.8 Å². The Morgan fingerprint density at radius 2 is 1.90 bits per heavy atom. The lowest BCUT2D eigenvalue weighted by atomic mass is 10.2. The van der Waals surface area contributed by atoms with Crippen LogP contribution < -0.4 is 9.46 Å². The molecule has 0 spiro atoms. The van der Waals surface area contributed by atoms with Crippen molar-refractivity contribution in [2.75, 3.05) is 44.3 Å². The monoisotopic (exact) mass is 508 g/mol. The van der Waals surface area contributed by atoms with Gasteiger partial charge in [0, 0.05) is 23.3 Å². The number of anilines is 1. The lowest BCUT2D eigenvalue weighted by Gasteiger charge is -2.30. The zero-order valence-corrected chi connectivity index (χ0v) is 21.1. The molecule has 11 heteroatoms.